The summed E-state index contributed by atoms with van der Waals surface area (Å²) < 4.78 is 0. The Morgan fingerprint density at radius 1 is 0.923 bits per heavy atom. The molecule has 0 saturated carbocycles. The zero-order valence-electron chi connectivity index (χ0n) is 20.8. The van der Waals surface area contributed by atoms with Crippen molar-refractivity contribution in [1.29, 1.82) is 5.26 Å². The summed E-state index contributed by atoms with van der Waals surface area (Å²) in [4.78, 5) is 34.5. The summed E-state index contributed by atoms with van der Waals surface area (Å²) in [6.45, 7) is 1.84. The first-order chi connectivity index (χ1) is 18.9. The van der Waals surface area contributed by atoms with Gasteiger partial charge in [-0.1, -0.05) is 72.4 Å². The molecule has 8 heteroatoms. The maximum Gasteiger partial charge on any atom is 0.336 e. The number of aryl methyl sites for hydroxylation is 1. The van der Waals surface area contributed by atoms with Crippen LogP contribution < -0.4 is 5.32 Å². The third-order valence-electron chi connectivity index (χ3n) is 6.08. The fourth-order valence-electron chi connectivity index (χ4n) is 4.15. The lowest BCUT2D eigenvalue weighted by Gasteiger charge is -2.17. The molecule has 190 valence electrons. The van der Waals surface area contributed by atoms with Gasteiger partial charge in [-0.2, -0.15) is 5.26 Å². The number of anilines is 1. The Hall–Kier alpha value is -5.00. The number of rotatable bonds is 7. The Bertz CT molecular complexity index is 1730. The van der Waals surface area contributed by atoms with Crippen molar-refractivity contribution < 1.29 is 14.7 Å². The molecule has 0 aliphatic heterocycles. The van der Waals surface area contributed by atoms with E-state index in [1.54, 1.807) is 60.7 Å². The maximum absolute atomic E-state index is 13.5. The number of thioether (sulfide) groups is 1. The van der Waals surface area contributed by atoms with E-state index in [1.165, 1.54) is 11.8 Å². The van der Waals surface area contributed by atoms with Crippen molar-refractivity contribution in [3.63, 3.8) is 0 Å². The molecule has 5 aromatic rings. The van der Waals surface area contributed by atoms with Crippen LogP contribution in [-0.2, 0) is 4.79 Å². The van der Waals surface area contributed by atoms with E-state index < -0.39 is 11.2 Å². The SMILES string of the molecule is Cc1ccc(C#N)c(SC(C(=O)Nc2ccc(-c3cc(C(=O)O)c4ccccc4n3)cc2)c2ccccc2)n1. The minimum atomic E-state index is -1.02. The smallest absolute Gasteiger partial charge is 0.336 e. The van der Waals surface area contributed by atoms with E-state index >= 15 is 0 Å². The summed E-state index contributed by atoms with van der Waals surface area (Å²) in [5.41, 5.74) is 4.54. The van der Waals surface area contributed by atoms with Gasteiger partial charge >= 0.3 is 5.97 Å². The minimum Gasteiger partial charge on any atom is -0.478 e. The number of fused-ring (bicyclic) bond motifs is 1. The Morgan fingerprint density at radius 2 is 1.64 bits per heavy atom. The summed E-state index contributed by atoms with van der Waals surface area (Å²) in [6.07, 6.45) is 0. The van der Waals surface area contributed by atoms with E-state index in [4.69, 9.17) is 0 Å². The molecule has 2 N–H and O–H groups in total. The highest BCUT2D eigenvalue weighted by molar-refractivity contribution is 8.00. The van der Waals surface area contributed by atoms with Crippen molar-refractivity contribution in [3.05, 3.63) is 119 Å². The first-order valence-electron chi connectivity index (χ1n) is 12.1. The van der Waals surface area contributed by atoms with Gasteiger partial charge in [-0.05, 0) is 48.9 Å². The number of para-hydroxylation sites is 1. The van der Waals surface area contributed by atoms with Crippen LogP contribution in [0.15, 0.2) is 102 Å². The Labute approximate surface area is 229 Å². The predicted octanol–water partition coefficient (Wildman–Crippen LogP) is 6.65. The molecule has 1 atom stereocenters. The van der Waals surface area contributed by atoms with Gasteiger partial charge in [-0.25, -0.2) is 14.8 Å². The number of aromatic carboxylic acids is 1. The summed E-state index contributed by atoms with van der Waals surface area (Å²) >= 11 is 1.23. The molecule has 1 unspecified atom stereocenters. The lowest BCUT2D eigenvalue weighted by Crippen LogP contribution is -2.19. The van der Waals surface area contributed by atoms with E-state index in [1.807, 2.05) is 43.3 Å². The average Bonchev–Trinajstić information content (AvgIpc) is 2.96. The second-order valence-corrected chi connectivity index (χ2v) is 9.86. The number of hydrogen-bond acceptors (Lipinski definition) is 6. The second-order valence-electron chi connectivity index (χ2n) is 8.77. The molecule has 1 amide bonds. The first kappa shape index (κ1) is 25.6. The van der Waals surface area contributed by atoms with Crippen LogP contribution in [0.4, 0.5) is 5.69 Å². The third kappa shape index (κ3) is 5.64. The number of aromatic nitrogens is 2. The van der Waals surface area contributed by atoms with Crippen LogP contribution in [-0.4, -0.2) is 27.0 Å². The molecule has 0 radical (unpaired) electrons. The van der Waals surface area contributed by atoms with Crippen LogP contribution in [0.5, 0.6) is 0 Å². The molecule has 7 nitrogen and oxygen atoms in total. The number of carbonyl (C=O) groups is 2. The Morgan fingerprint density at radius 3 is 2.36 bits per heavy atom. The number of nitrogens with one attached hydrogen (secondary N) is 1. The van der Waals surface area contributed by atoms with E-state index in [-0.39, 0.29) is 11.5 Å². The van der Waals surface area contributed by atoms with Crippen molar-refractivity contribution >= 4 is 40.2 Å². The predicted molar refractivity (Wildman–Crippen MR) is 151 cm³/mol. The van der Waals surface area contributed by atoms with Gasteiger partial charge in [0, 0.05) is 22.3 Å². The number of pyridine rings is 2. The number of hydrogen-bond donors (Lipinski definition) is 2. The first-order valence-corrected chi connectivity index (χ1v) is 12.9. The molecule has 3 aromatic carbocycles. The van der Waals surface area contributed by atoms with Crippen molar-refractivity contribution in [1.82, 2.24) is 9.97 Å². The Balaban J connectivity index is 1.42. The van der Waals surface area contributed by atoms with Crippen molar-refractivity contribution in [3.8, 4) is 17.3 Å². The Kier molecular flexibility index (Phi) is 7.34. The lowest BCUT2D eigenvalue weighted by atomic mass is 10.0. The van der Waals surface area contributed by atoms with Gasteiger partial charge in [0.05, 0.1) is 22.3 Å². The topological polar surface area (TPSA) is 116 Å². The van der Waals surface area contributed by atoms with Crippen LogP contribution in [0.1, 0.15) is 32.4 Å². The molecule has 0 saturated heterocycles. The van der Waals surface area contributed by atoms with Crippen LogP contribution >= 0.6 is 11.8 Å². The monoisotopic (exact) mass is 530 g/mol. The van der Waals surface area contributed by atoms with Gasteiger partial charge in [-0.3, -0.25) is 4.79 Å². The summed E-state index contributed by atoms with van der Waals surface area (Å²) in [5.74, 6) is -1.28. The van der Waals surface area contributed by atoms with E-state index in [9.17, 15) is 20.0 Å². The molecule has 39 heavy (non-hydrogen) atoms. The zero-order chi connectivity index (χ0) is 27.4. The number of carboxylic acids is 1. The van der Waals surface area contributed by atoms with E-state index in [0.717, 1.165) is 16.8 Å². The van der Waals surface area contributed by atoms with Gasteiger partial charge in [0.1, 0.15) is 16.3 Å². The van der Waals surface area contributed by atoms with Gasteiger partial charge < -0.3 is 10.4 Å². The van der Waals surface area contributed by atoms with Crippen LogP contribution in [0.25, 0.3) is 22.2 Å². The van der Waals surface area contributed by atoms with Crippen molar-refractivity contribution in [2.24, 2.45) is 0 Å². The second kappa shape index (κ2) is 11.2. The molecule has 2 aromatic heterocycles. The minimum absolute atomic E-state index is 0.178. The van der Waals surface area contributed by atoms with E-state index in [0.29, 0.717) is 32.9 Å². The van der Waals surface area contributed by atoms with E-state index in [2.05, 4.69) is 21.4 Å². The van der Waals surface area contributed by atoms with Crippen LogP contribution in [0, 0.1) is 18.3 Å². The summed E-state index contributed by atoms with van der Waals surface area (Å²) in [5, 5.41) is 22.6. The highest BCUT2D eigenvalue weighted by Crippen LogP contribution is 2.37. The molecule has 0 aliphatic carbocycles. The third-order valence-corrected chi connectivity index (χ3v) is 7.34. The number of carbonyl (C=O) groups excluding carboxylic acids is 1. The largest absolute Gasteiger partial charge is 0.478 e. The number of nitriles is 1. The van der Waals surface area contributed by atoms with Gasteiger partial charge in [0.25, 0.3) is 0 Å². The molecular formula is C31H22N4O3S. The molecule has 0 spiro atoms. The molecule has 0 bridgehead atoms. The molecule has 2 heterocycles. The highest BCUT2D eigenvalue weighted by Gasteiger charge is 2.24. The number of nitrogens with zero attached hydrogens (tertiary/aromatic N) is 3. The molecule has 5 rings (SSSR count). The number of benzene rings is 3. The quantitative estimate of drug-likeness (QED) is 0.226. The molecule has 0 aliphatic rings. The standard InChI is InChI=1S/C31H22N4O3S/c1-19-11-12-22(18-32)30(33-19)39-28(21-7-3-2-4-8-21)29(36)34-23-15-13-20(14-16-23)27-17-25(31(37)38)24-9-5-6-10-26(24)35-27/h2-17,28H,1H3,(H,34,36)(H,37,38). The van der Waals surface area contributed by atoms with Crippen molar-refractivity contribution in [2.45, 2.75) is 17.2 Å². The highest BCUT2D eigenvalue weighted by atomic mass is 32.2. The summed E-state index contributed by atoms with van der Waals surface area (Å²) in [6, 6.07) is 30.7. The summed E-state index contributed by atoms with van der Waals surface area (Å²) in [7, 11) is 0. The normalized spacial score (nSPS) is 11.5. The zero-order valence-corrected chi connectivity index (χ0v) is 21.6. The average molecular weight is 531 g/mol. The fraction of sp³-hybridized carbons (Fsp3) is 0.0645. The van der Waals surface area contributed by atoms with Gasteiger partial charge in [-0.15, -0.1) is 0 Å². The number of carboxylic acid groups (broad SMARTS) is 1. The molecule has 0 fully saturated rings. The van der Waals surface area contributed by atoms with Crippen LogP contribution in [0.3, 0.4) is 0 Å². The lowest BCUT2D eigenvalue weighted by molar-refractivity contribution is -0.115. The number of amides is 1. The fourth-order valence-corrected chi connectivity index (χ4v) is 5.27. The van der Waals surface area contributed by atoms with Gasteiger partial charge in [0.2, 0.25) is 5.91 Å². The maximum atomic E-state index is 13.5. The van der Waals surface area contributed by atoms with Gasteiger partial charge in [0.15, 0.2) is 0 Å². The van der Waals surface area contributed by atoms with Crippen LogP contribution in [0.2, 0.25) is 0 Å². The van der Waals surface area contributed by atoms with Crippen molar-refractivity contribution in [2.75, 3.05) is 5.32 Å². The molecular weight excluding hydrogens is 508 g/mol.